The summed E-state index contributed by atoms with van der Waals surface area (Å²) in [6.07, 6.45) is -2.04. The molecule has 0 saturated heterocycles. The van der Waals surface area contributed by atoms with Crippen LogP contribution in [0.4, 0.5) is 4.79 Å². The number of carboxylic acid groups (broad SMARTS) is 1. The van der Waals surface area contributed by atoms with E-state index in [1.54, 1.807) is 20.8 Å². The Balaban J connectivity index is 4.30. The van der Waals surface area contributed by atoms with Gasteiger partial charge in [0, 0.05) is 0 Å². The van der Waals surface area contributed by atoms with Gasteiger partial charge >= 0.3 is 12.1 Å². The van der Waals surface area contributed by atoms with Crippen molar-refractivity contribution in [3.05, 3.63) is 0 Å². The van der Waals surface area contributed by atoms with Gasteiger partial charge in [0.2, 0.25) is 0 Å². The first kappa shape index (κ1) is 14.7. The van der Waals surface area contributed by atoms with Crippen LogP contribution in [0.3, 0.4) is 0 Å². The fourth-order valence-corrected chi connectivity index (χ4v) is 0.989. The maximum absolute atomic E-state index is 11.3. The molecule has 0 aromatic heterocycles. The topological polar surface area (TPSA) is 95.9 Å². The summed E-state index contributed by atoms with van der Waals surface area (Å²) in [6, 6.07) is -0.854. The minimum absolute atomic E-state index is 0.350. The van der Waals surface area contributed by atoms with Gasteiger partial charge in [-0.3, -0.25) is 4.79 Å². The molecule has 0 aromatic rings. The third kappa shape index (κ3) is 7.05. The van der Waals surface area contributed by atoms with Gasteiger partial charge in [0.05, 0.1) is 18.6 Å². The number of hydrogen-bond donors (Lipinski definition) is 3. The zero-order valence-electron chi connectivity index (χ0n) is 9.98. The normalized spacial score (nSPS) is 15.1. The number of aliphatic hydroxyl groups is 1. The predicted octanol–water partition coefficient (Wildman–Crippen LogP) is 0.735. The van der Waals surface area contributed by atoms with Crippen molar-refractivity contribution >= 4 is 12.1 Å². The Kier molecular flexibility index (Phi) is 5.23. The average Bonchev–Trinajstić information content (AvgIpc) is 1.97. The molecule has 2 atom stereocenters. The van der Waals surface area contributed by atoms with Crippen LogP contribution in [0.5, 0.6) is 0 Å². The first-order valence-corrected chi connectivity index (χ1v) is 5.01. The van der Waals surface area contributed by atoms with Crippen molar-refractivity contribution in [2.24, 2.45) is 0 Å². The van der Waals surface area contributed by atoms with E-state index in [1.165, 1.54) is 6.92 Å². The largest absolute Gasteiger partial charge is 0.481 e. The van der Waals surface area contributed by atoms with Crippen molar-refractivity contribution in [3.8, 4) is 0 Å². The smallest absolute Gasteiger partial charge is 0.407 e. The van der Waals surface area contributed by atoms with Crippen LogP contribution in [-0.2, 0) is 9.53 Å². The van der Waals surface area contributed by atoms with E-state index < -0.39 is 29.8 Å². The number of nitrogens with one attached hydrogen (secondary N) is 1. The molecule has 0 aliphatic carbocycles. The molecule has 16 heavy (non-hydrogen) atoms. The van der Waals surface area contributed by atoms with Crippen molar-refractivity contribution in [2.45, 2.75) is 51.9 Å². The number of hydrogen-bond acceptors (Lipinski definition) is 4. The van der Waals surface area contributed by atoms with Crippen molar-refractivity contribution in [1.82, 2.24) is 5.32 Å². The number of carboxylic acids is 1. The van der Waals surface area contributed by atoms with E-state index in [-0.39, 0.29) is 6.42 Å². The highest BCUT2D eigenvalue weighted by molar-refractivity contribution is 5.71. The van der Waals surface area contributed by atoms with Gasteiger partial charge in [-0.2, -0.15) is 0 Å². The second-order valence-corrected chi connectivity index (χ2v) is 4.59. The van der Waals surface area contributed by atoms with Crippen LogP contribution in [0, 0.1) is 0 Å². The van der Waals surface area contributed by atoms with Crippen LogP contribution >= 0.6 is 0 Å². The van der Waals surface area contributed by atoms with Gasteiger partial charge in [-0.1, -0.05) is 0 Å². The predicted molar refractivity (Wildman–Crippen MR) is 57.1 cm³/mol. The molecule has 6 heteroatoms. The molecule has 0 rings (SSSR count). The molecule has 0 saturated carbocycles. The molecule has 0 bridgehead atoms. The van der Waals surface area contributed by atoms with Crippen molar-refractivity contribution in [1.29, 1.82) is 0 Å². The number of ether oxygens (including phenoxy) is 1. The lowest BCUT2D eigenvalue weighted by Gasteiger charge is -2.24. The zero-order valence-corrected chi connectivity index (χ0v) is 9.98. The number of amides is 1. The van der Waals surface area contributed by atoms with Crippen LogP contribution < -0.4 is 5.32 Å². The van der Waals surface area contributed by atoms with E-state index in [4.69, 9.17) is 9.84 Å². The van der Waals surface area contributed by atoms with Gasteiger partial charge < -0.3 is 20.3 Å². The Morgan fingerprint density at radius 3 is 2.19 bits per heavy atom. The highest BCUT2D eigenvalue weighted by atomic mass is 16.6. The summed E-state index contributed by atoms with van der Waals surface area (Å²) in [5.74, 6) is -1.10. The Morgan fingerprint density at radius 2 is 1.88 bits per heavy atom. The maximum Gasteiger partial charge on any atom is 0.407 e. The van der Waals surface area contributed by atoms with Crippen LogP contribution in [0.2, 0.25) is 0 Å². The molecule has 0 unspecified atom stereocenters. The van der Waals surface area contributed by atoms with E-state index in [2.05, 4.69) is 5.32 Å². The summed E-state index contributed by atoms with van der Waals surface area (Å²) in [7, 11) is 0. The second-order valence-electron chi connectivity index (χ2n) is 4.59. The van der Waals surface area contributed by atoms with Crippen LogP contribution in [0.15, 0.2) is 0 Å². The fourth-order valence-electron chi connectivity index (χ4n) is 0.989. The number of rotatable bonds is 4. The van der Waals surface area contributed by atoms with E-state index >= 15 is 0 Å². The lowest BCUT2D eigenvalue weighted by atomic mass is 10.1. The van der Waals surface area contributed by atoms with Gasteiger partial charge in [-0.15, -0.1) is 0 Å². The lowest BCUT2D eigenvalue weighted by Crippen LogP contribution is -2.45. The molecule has 0 radical (unpaired) electrons. The fraction of sp³-hybridized carbons (Fsp3) is 0.800. The summed E-state index contributed by atoms with van der Waals surface area (Å²) < 4.78 is 4.95. The Labute approximate surface area is 94.6 Å². The van der Waals surface area contributed by atoms with E-state index in [1.807, 2.05) is 0 Å². The molecule has 6 nitrogen and oxygen atoms in total. The molecule has 0 aromatic carbocycles. The Morgan fingerprint density at radius 1 is 1.38 bits per heavy atom. The third-order valence-electron chi connectivity index (χ3n) is 1.68. The van der Waals surface area contributed by atoms with Crippen molar-refractivity contribution in [2.75, 3.05) is 0 Å². The highest BCUT2D eigenvalue weighted by Gasteiger charge is 2.24. The third-order valence-corrected chi connectivity index (χ3v) is 1.68. The van der Waals surface area contributed by atoms with E-state index in [9.17, 15) is 14.7 Å². The van der Waals surface area contributed by atoms with Crippen LogP contribution in [0.1, 0.15) is 34.1 Å². The summed E-state index contributed by atoms with van der Waals surface area (Å²) in [4.78, 5) is 21.8. The van der Waals surface area contributed by atoms with Crippen LogP contribution in [-0.4, -0.2) is 40.0 Å². The minimum Gasteiger partial charge on any atom is -0.481 e. The lowest BCUT2D eigenvalue weighted by molar-refractivity contribution is -0.138. The van der Waals surface area contributed by atoms with Crippen molar-refractivity contribution < 1.29 is 24.5 Å². The maximum atomic E-state index is 11.3. The number of carbonyl (C=O) groups excluding carboxylic acids is 1. The van der Waals surface area contributed by atoms with Gasteiger partial charge in [0.15, 0.2) is 0 Å². The highest BCUT2D eigenvalue weighted by Crippen LogP contribution is 2.08. The molecule has 3 N–H and O–H groups in total. The molecule has 0 aliphatic heterocycles. The molecule has 94 valence electrons. The minimum atomic E-state index is -1.10. The SMILES string of the molecule is C[C@H](O)[C@H](CC(=O)O)NC(=O)OC(C)(C)C. The monoisotopic (exact) mass is 233 g/mol. The van der Waals surface area contributed by atoms with Crippen molar-refractivity contribution in [3.63, 3.8) is 0 Å². The van der Waals surface area contributed by atoms with Gasteiger partial charge in [0.25, 0.3) is 0 Å². The standard InChI is InChI=1S/C10H19NO5/c1-6(12)7(5-8(13)14)11-9(15)16-10(2,3)4/h6-7,12H,5H2,1-4H3,(H,11,15)(H,13,14)/t6-,7-/m0/s1. The molecular formula is C10H19NO5. The van der Waals surface area contributed by atoms with Crippen LogP contribution in [0.25, 0.3) is 0 Å². The summed E-state index contributed by atoms with van der Waals surface area (Å²) in [5.41, 5.74) is -0.656. The number of carbonyl (C=O) groups is 2. The van der Waals surface area contributed by atoms with E-state index in [0.717, 1.165) is 0 Å². The molecule has 1 amide bonds. The Bertz CT molecular complexity index is 256. The molecular weight excluding hydrogens is 214 g/mol. The average molecular weight is 233 g/mol. The summed E-state index contributed by atoms with van der Waals surface area (Å²) >= 11 is 0. The first-order chi connectivity index (χ1) is 7.11. The van der Waals surface area contributed by atoms with E-state index in [0.29, 0.717) is 0 Å². The zero-order chi connectivity index (χ0) is 12.9. The molecule has 0 spiro atoms. The summed E-state index contributed by atoms with van der Waals surface area (Å²) in [5, 5.41) is 20.2. The number of aliphatic hydroxyl groups excluding tert-OH is 1. The number of alkyl carbamates (subject to hydrolysis) is 1. The van der Waals surface area contributed by atoms with Gasteiger partial charge in [-0.25, -0.2) is 4.79 Å². The molecule has 0 aliphatic rings. The van der Waals surface area contributed by atoms with Gasteiger partial charge in [0.1, 0.15) is 5.60 Å². The number of aliphatic carboxylic acids is 1. The molecule has 0 heterocycles. The van der Waals surface area contributed by atoms with Gasteiger partial charge in [-0.05, 0) is 27.7 Å². The summed E-state index contributed by atoms with van der Waals surface area (Å²) in [6.45, 7) is 6.49. The second kappa shape index (κ2) is 5.69. The first-order valence-electron chi connectivity index (χ1n) is 5.01. The molecule has 0 fully saturated rings. The Hall–Kier alpha value is -1.30. The quantitative estimate of drug-likeness (QED) is 0.665.